The Bertz CT molecular complexity index is 241. The molecule has 1 aliphatic rings. The quantitative estimate of drug-likeness (QED) is 0.654. The fourth-order valence-electron chi connectivity index (χ4n) is 1.72. The molecule has 1 amide bonds. The second-order valence-corrected chi connectivity index (χ2v) is 3.75. The molecule has 0 saturated carbocycles. The number of carbonyl (C=O) groups excluding carboxylic acids is 1. The van der Waals surface area contributed by atoms with Gasteiger partial charge in [-0.1, -0.05) is 0 Å². The van der Waals surface area contributed by atoms with Gasteiger partial charge in [0, 0.05) is 31.5 Å². The van der Waals surface area contributed by atoms with Crippen molar-refractivity contribution < 1.29 is 19.8 Å². The number of hydrogen-bond acceptors (Lipinski definition) is 3. The third-order valence-corrected chi connectivity index (χ3v) is 2.50. The lowest BCUT2D eigenvalue weighted by Crippen LogP contribution is -2.36. The standard InChI is InChI=1S/C9H15NO4/c1-6(2-9(13)14)10-4-7(5-11)3-8(10)12/h6-7,11H,2-5H2,1H3,(H,13,14)/t6-,7?/m1/s1. The predicted octanol–water partition coefficient (Wildman–Crippen LogP) is -0.310. The number of carbonyl (C=O) groups is 2. The van der Waals surface area contributed by atoms with Gasteiger partial charge in [-0.3, -0.25) is 9.59 Å². The van der Waals surface area contributed by atoms with Gasteiger partial charge in [0.15, 0.2) is 0 Å². The van der Waals surface area contributed by atoms with Gasteiger partial charge in [0.25, 0.3) is 0 Å². The van der Waals surface area contributed by atoms with Crippen molar-refractivity contribution in [1.29, 1.82) is 0 Å². The van der Waals surface area contributed by atoms with E-state index in [0.717, 1.165) is 0 Å². The van der Waals surface area contributed by atoms with Crippen molar-refractivity contribution in [2.24, 2.45) is 5.92 Å². The third-order valence-electron chi connectivity index (χ3n) is 2.50. The number of nitrogens with zero attached hydrogens (tertiary/aromatic N) is 1. The van der Waals surface area contributed by atoms with Gasteiger partial charge in [-0.25, -0.2) is 0 Å². The molecule has 80 valence electrons. The molecular formula is C9H15NO4. The minimum absolute atomic E-state index is 0.0119. The van der Waals surface area contributed by atoms with Crippen LogP contribution in [-0.4, -0.2) is 46.2 Å². The Kier molecular flexibility index (Phi) is 3.46. The first-order valence-corrected chi connectivity index (χ1v) is 4.66. The van der Waals surface area contributed by atoms with Crippen LogP contribution in [0.3, 0.4) is 0 Å². The highest BCUT2D eigenvalue weighted by molar-refractivity contribution is 5.79. The molecular weight excluding hydrogens is 186 g/mol. The molecule has 0 aromatic rings. The zero-order valence-electron chi connectivity index (χ0n) is 8.14. The van der Waals surface area contributed by atoms with E-state index in [0.29, 0.717) is 13.0 Å². The Morgan fingerprint density at radius 1 is 1.71 bits per heavy atom. The highest BCUT2D eigenvalue weighted by Gasteiger charge is 2.32. The minimum atomic E-state index is -0.905. The van der Waals surface area contributed by atoms with Crippen molar-refractivity contribution in [1.82, 2.24) is 4.90 Å². The maximum Gasteiger partial charge on any atom is 0.305 e. The number of aliphatic hydroxyl groups is 1. The molecule has 1 unspecified atom stereocenters. The van der Waals surface area contributed by atoms with Crippen LogP contribution in [0, 0.1) is 5.92 Å². The molecule has 0 aromatic carbocycles. The van der Waals surface area contributed by atoms with Crippen molar-refractivity contribution in [2.45, 2.75) is 25.8 Å². The summed E-state index contributed by atoms with van der Waals surface area (Å²) >= 11 is 0. The lowest BCUT2D eigenvalue weighted by molar-refractivity contribution is -0.139. The Hall–Kier alpha value is -1.10. The first-order valence-electron chi connectivity index (χ1n) is 4.66. The van der Waals surface area contributed by atoms with Crippen LogP contribution >= 0.6 is 0 Å². The normalized spacial score (nSPS) is 24.0. The molecule has 2 atom stereocenters. The van der Waals surface area contributed by atoms with Crippen molar-refractivity contribution in [3.63, 3.8) is 0 Å². The number of amides is 1. The zero-order valence-corrected chi connectivity index (χ0v) is 8.14. The minimum Gasteiger partial charge on any atom is -0.481 e. The number of rotatable bonds is 4. The van der Waals surface area contributed by atoms with Gasteiger partial charge in [-0.05, 0) is 6.92 Å². The highest BCUT2D eigenvalue weighted by Crippen LogP contribution is 2.20. The fraction of sp³-hybridized carbons (Fsp3) is 0.778. The molecule has 1 aliphatic heterocycles. The zero-order chi connectivity index (χ0) is 10.7. The molecule has 5 nitrogen and oxygen atoms in total. The highest BCUT2D eigenvalue weighted by atomic mass is 16.4. The van der Waals surface area contributed by atoms with E-state index in [1.807, 2.05) is 0 Å². The van der Waals surface area contributed by atoms with Crippen LogP contribution in [0.15, 0.2) is 0 Å². The molecule has 0 aliphatic carbocycles. The summed E-state index contributed by atoms with van der Waals surface area (Å²) in [5, 5.41) is 17.4. The average Bonchev–Trinajstić information content (AvgIpc) is 2.45. The number of aliphatic hydroxyl groups excluding tert-OH is 1. The Balaban J connectivity index is 2.52. The first kappa shape index (κ1) is 11.0. The van der Waals surface area contributed by atoms with Crippen LogP contribution in [0.2, 0.25) is 0 Å². The molecule has 14 heavy (non-hydrogen) atoms. The van der Waals surface area contributed by atoms with Crippen molar-refractivity contribution in [3.05, 3.63) is 0 Å². The largest absolute Gasteiger partial charge is 0.481 e. The van der Waals surface area contributed by atoms with Gasteiger partial charge >= 0.3 is 5.97 Å². The van der Waals surface area contributed by atoms with E-state index in [9.17, 15) is 9.59 Å². The van der Waals surface area contributed by atoms with Crippen LogP contribution in [-0.2, 0) is 9.59 Å². The van der Waals surface area contributed by atoms with Crippen LogP contribution in [0.1, 0.15) is 19.8 Å². The SMILES string of the molecule is C[C@H](CC(=O)O)N1CC(CO)CC1=O. The fourth-order valence-corrected chi connectivity index (χ4v) is 1.72. The molecule has 1 rings (SSSR count). The summed E-state index contributed by atoms with van der Waals surface area (Å²) in [4.78, 5) is 23.4. The van der Waals surface area contributed by atoms with Crippen LogP contribution in [0.4, 0.5) is 0 Å². The van der Waals surface area contributed by atoms with Gasteiger partial charge in [0.05, 0.1) is 6.42 Å². The van der Waals surface area contributed by atoms with E-state index in [1.54, 1.807) is 6.92 Å². The molecule has 0 spiro atoms. The number of hydrogen-bond donors (Lipinski definition) is 2. The number of carboxylic acid groups (broad SMARTS) is 1. The van der Waals surface area contributed by atoms with Crippen molar-refractivity contribution in [2.75, 3.05) is 13.2 Å². The summed E-state index contributed by atoms with van der Waals surface area (Å²) in [6.45, 7) is 2.18. The van der Waals surface area contributed by atoms with Gasteiger partial charge in [0.2, 0.25) is 5.91 Å². The number of carboxylic acids is 1. The topological polar surface area (TPSA) is 77.8 Å². The summed E-state index contributed by atoms with van der Waals surface area (Å²) in [6, 6.07) is -0.281. The average molecular weight is 201 g/mol. The van der Waals surface area contributed by atoms with E-state index >= 15 is 0 Å². The summed E-state index contributed by atoms with van der Waals surface area (Å²) < 4.78 is 0. The Labute approximate surface area is 82.3 Å². The van der Waals surface area contributed by atoms with Gasteiger partial charge in [-0.2, -0.15) is 0 Å². The summed E-state index contributed by atoms with van der Waals surface area (Å²) in [7, 11) is 0. The van der Waals surface area contributed by atoms with E-state index in [4.69, 9.17) is 10.2 Å². The molecule has 2 N–H and O–H groups in total. The molecule has 1 heterocycles. The van der Waals surface area contributed by atoms with Gasteiger partial charge in [0.1, 0.15) is 0 Å². The van der Waals surface area contributed by atoms with Crippen molar-refractivity contribution in [3.8, 4) is 0 Å². The van der Waals surface area contributed by atoms with Crippen LogP contribution in [0.5, 0.6) is 0 Å². The first-order chi connectivity index (χ1) is 6.54. The molecule has 0 radical (unpaired) electrons. The third kappa shape index (κ3) is 2.45. The van der Waals surface area contributed by atoms with E-state index in [2.05, 4.69) is 0 Å². The second kappa shape index (κ2) is 4.41. The van der Waals surface area contributed by atoms with Crippen molar-refractivity contribution >= 4 is 11.9 Å². The summed E-state index contributed by atoms with van der Waals surface area (Å²) in [5.41, 5.74) is 0. The second-order valence-electron chi connectivity index (χ2n) is 3.75. The van der Waals surface area contributed by atoms with E-state index in [1.165, 1.54) is 4.90 Å². The van der Waals surface area contributed by atoms with E-state index < -0.39 is 5.97 Å². The number of likely N-dealkylation sites (tertiary alicyclic amines) is 1. The molecule has 0 aromatic heterocycles. The lowest BCUT2D eigenvalue weighted by Gasteiger charge is -2.23. The molecule has 5 heteroatoms. The molecule has 1 fully saturated rings. The van der Waals surface area contributed by atoms with Crippen LogP contribution < -0.4 is 0 Å². The Morgan fingerprint density at radius 2 is 2.36 bits per heavy atom. The predicted molar refractivity (Wildman–Crippen MR) is 48.6 cm³/mol. The van der Waals surface area contributed by atoms with Gasteiger partial charge in [-0.15, -0.1) is 0 Å². The monoisotopic (exact) mass is 201 g/mol. The van der Waals surface area contributed by atoms with Gasteiger partial charge < -0.3 is 15.1 Å². The Morgan fingerprint density at radius 3 is 2.79 bits per heavy atom. The smallest absolute Gasteiger partial charge is 0.305 e. The van der Waals surface area contributed by atoms with Crippen LogP contribution in [0.25, 0.3) is 0 Å². The summed E-state index contributed by atoms with van der Waals surface area (Å²) in [5.74, 6) is -0.991. The summed E-state index contributed by atoms with van der Waals surface area (Å²) in [6.07, 6.45) is 0.296. The lowest BCUT2D eigenvalue weighted by atomic mass is 10.1. The maximum absolute atomic E-state index is 11.4. The maximum atomic E-state index is 11.4. The molecule has 0 bridgehead atoms. The molecule has 1 saturated heterocycles. The van der Waals surface area contributed by atoms with E-state index in [-0.39, 0.29) is 30.9 Å². The number of aliphatic carboxylic acids is 1.